The molecule has 0 bridgehead atoms. The molecule has 4 heterocycles. The number of carbonyl (C=O) groups is 5. The van der Waals surface area contributed by atoms with Crippen LogP contribution in [0.5, 0.6) is 0 Å². The summed E-state index contributed by atoms with van der Waals surface area (Å²) in [5.74, 6) is -7.43. The zero-order valence-corrected chi connectivity index (χ0v) is 39.2. The number of aliphatic carboxylic acids is 1. The lowest BCUT2D eigenvalue weighted by atomic mass is 9.93. The molecule has 0 aromatic heterocycles. The number of aliphatic hydroxyl groups is 8. The fourth-order valence-electron chi connectivity index (χ4n) is 8.30. The Kier molecular flexibility index (Phi) is 22.2. The van der Waals surface area contributed by atoms with Crippen molar-refractivity contribution in [2.75, 3.05) is 39.5 Å². The van der Waals surface area contributed by atoms with Gasteiger partial charge in [-0.3, -0.25) is 19.2 Å². The average Bonchev–Trinajstić information content (AvgIpc) is 3.67. The third kappa shape index (κ3) is 14.9. The summed E-state index contributed by atoms with van der Waals surface area (Å²) >= 11 is 0. The molecule has 69 heavy (non-hydrogen) atoms. The number of nitrogens with two attached hydrogens (primary N) is 1. The van der Waals surface area contributed by atoms with Gasteiger partial charge in [-0.2, -0.15) is 0 Å². The summed E-state index contributed by atoms with van der Waals surface area (Å²) in [6.07, 6.45) is -25.1. The van der Waals surface area contributed by atoms with Crippen molar-refractivity contribution in [2.45, 2.75) is 183 Å². The average molecular weight is 1000 g/mol. The first-order valence-electron chi connectivity index (χ1n) is 22.7. The van der Waals surface area contributed by atoms with Gasteiger partial charge in [0.05, 0.1) is 32.0 Å². The van der Waals surface area contributed by atoms with Gasteiger partial charge in [-0.05, 0) is 26.3 Å². The zero-order chi connectivity index (χ0) is 51.5. The second-order valence-electron chi connectivity index (χ2n) is 17.5. The predicted molar refractivity (Wildman–Crippen MR) is 227 cm³/mol. The number of nitrogens with one attached hydrogen (secondary N) is 4. The minimum Gasteiger partial charge on any atom is -0.477 e. The molecule has 0 saturated carbocycles. The van der Waals surface area contributed by atoms with Crippen LogP contribution < -0.4 is 27.0 Å². The Hall–Kier alpha value is -3.37. The summed E-state index contributed by atoms with van der Waals surface area (Å²) in [6.45, 7) is 4.97. The van der Waals surface area contributed by atoms with Gasteiger partial charge in [-0.15, -0.1) is 0 Å². The SMILES string of the molecule is CC(=O)NC(C(O)OC1C(O)C(C)OC(OC2C(O)C(CO)OC(OC3C(CO)OC(OCCNC(=O)CCCCN)C4O[C@@](C)(C(=O)O)OC34)C2NC(C)=O)C1NC(C)=O)C(O)C(O)C(C)CO. The molecule has 21 atom stereocenters. The molecule has 0 radical (unpaired) electrons. The summed E-state index contributed by atoms with van der Waals surface area (Å²) in [5.41, 5.74) is 5.49. The lowest BCUT2D eigenvalue weighted by molar-refractivity contribution is -0.354. The number of rotatable bonds is 25. The summed E-state index contributed by atoms with van der Waals surface area (Å²) in [5, 5.41) is 107. The van der Waals surface area contributed by atoms with E-state index in [9.17, 15) is 69.9 Å². The molecule has 0 aliphatic carbocycles. The first kappa shape index (κ1) is 58.2. The van der Waals surface area contributed by atoms with E-state index in [1.807, 2.05) is 0 Å². The third-order valence-electron chi connectivity index (χ3n) is 12.0. The van der Waals surface area contributed by atoms with Crippen LogP contribution in [0.2, 0.25) is 0 Å². The van der Waals surface area contributed by atoms with Crippen molar-refractivity contribution in [3.63, 3.8) is 0 Å². The molecule has 0 aromatic carbocycles. The van der Waals surface area contributed by atoms with Gasteiger partial charge in [-0.25, -0.2) is 4.79 Å². The van der Waals surface area contributed by atoms with Gasteiger partial charge in [-0.1, -0.05) is 6.92 Å². The number of carboxylic acids is 1. The lowest BCUT2D eigenvalue weighted by Crippen LogP contribution is -2.71. The molecule has 0 aromatic rings. The Morgan fingerprint density at radius 2 is 1.33 bits per heavy atom. The highest BCUT2D eigenvalue weighted by Crippen LogP contribution is 2.41. The summed E-state index contributed by atoms with van der Waals surface area (Å²) < 4.78 is 54.1. The Balaban J connectivity index is 1.66. The van der Waals surface area contributed by atoms with E-state index in [-0.39, 0.29) is 25.5 Å². The Morgan fingerprint density at radius 3 is 1.90 bits per heavy atom. The highest BCUT2D eigenvalue weighted by Gasteiger charge is 2.62. The molecule has 4 saturated heterocycles. The topological polar surface area (TPSA) is 425 Å². The van der Waals surface area contributed by atoms with Gasteiger partial charge >= 0.3 is 5.97 Å². The van der Waals surface area contributed by atoms with Crippen molar-refractivity contribution in [3.05, 3.63) is 0 Å². The van der Waals surface area contributed by atoms with Crippen molar-refractivity contribution < 1.29 is 113 Å². The Bertz CT molecular complexity index is 1690. The van der Waals surface area contributed by atoms with Crippen molar-refractivity contribution in [1.29, 1.82) is 0 Å². The standard InChI is InChI=1S/C41H71N5O23/c1-16(13-47)27(54)30(57)24(44-18(3)50)36(58)65-32-25(45-19(4)51)37(62-17(2)28(32)55)67-33-26(46-20(5)52)38(63-21(14-48)29(33)56)66-31-22(15-49)64-39(35-34(31)68-41(6,69-35)40(59)60)61-12-11-43-23(53)9-7-8-10-42/h16-17,21-22,24-39,47-49,54-58H,7-15,42H2,1-6H3,(H,43,53)(H,44,50)(H,45,51)(H,46,52)(H,59,60)/t16?,17?,21?,22?,24?,25?,26?,27?,28?,29?,30?,31?,32?,33?,34?,35?,36?,37?,38?,39?,41-/m0/s1. The molecule has 4 fully saturated rings. The van der Waals surface area contributed by atoms with Crippen LogP contribution in [0.15, 0.2) is 0 Å². The fraction of sp³-hybridized carbons (Fsp3) is 0.878. The third-order valence-corrected chi connectivity index (χ3v) is 12.0. The molecule has 20 unspecified atom stereocenters. The number of hydrogen-bond donors (Lipinski definition) is 14. The molecule has 4 aliphatic heterocycles. The first-order chi connectivity index (χ1) is 32.5. The second kappa shape index (κ2) is 26.4. The van der Waals surface area contributed by atoms with Crippen molar-refractivity contribution in [3.8, 4) is 0 Å². The first-order valence-corrected chi connectivity index (χ1v) is 22.7. The summed E-state index contributed by atoms with van der Waals surface area (Å²) in [4.78, 5) is 62.5. The predicted octanol–water partition coefficient (Wildman–Crippen LogP) is -6.93. The highest BCUT2D eigenvalue weighted by atomic mass is 16.8. The van der Waals surface area contributed by atoms with Gasteiger partial charge in [0.1, 0.15) is 79.2 Å². The number of amides is 4. The van der Waals surface area contributed by atoms with Gasteiger partial charge in [0, 0.05) is 53.2 Å². The van der Waals surface area contributed by atoms with E-state index in [4.69, 9.17) is 48.4 Å². The molecule has 28 nitrogen and oxygen atoms in total. The number of hydrogen-bond acceptors (Lipinski definition) is 23. The normalized spacial score (nSPS) is 36.8. The summed E-state index contributed by atoms with van der Waals surface area (Å²) in [6, 6.07) is -5.04. The molecular formula is C41H71N5O23. The highest BCUT2D eigenvalue weighted by molar-refractivity contribution is 5.76. The van der Waals surface area contributed by atoms with Crippen LogP contribution in [-0.2, 0) is 66.6 Å². The molecule has 4 aliphatic rings. The van der Waals surface area contributed by atoms with E-state index >= 15 is 0 Å². The van der Waals surface area contributed by atoms with E-state index in [0.29, 0.717) is 19.4 Å². The van der Waals surface area contributed by atoms with Crippen LogP contribution >= 0.6 is 0 Å². The van der Waals surface area contributed by atoms with Gasteiger partial charge in [0.15, 0.2) is 25.2 Å². The molecule has 4 amide bonds. The smallest absolute Gasteiger partial charge is 0.364 e. The number of carboxylic acid groups (broad SMARTS) is 1. The minimum absolute atomic E-state index is 0.00830. The molecule has 4 rings (SSSR count). The maximum atomic E-state index is 12.9. The molecule has 398 valence electrons. The number of unbranched alkanes of at least 4 members (excludes halogenated alkanes) is 1. The largest absolute Gasteiger partial charge is 0.477 e. The maximum absolute atomic E-state index is 12.9. The maximum Gasteiger partial charge on any atom is 0.364 e. The van der Waals surface area contributed by atoms with Crippen LogP contribution in [0.4, 0.5) is 0 Å². The van der Waals surface area contributed by atoms with E-state index in [2.05, 4.69) is 21.3 Å². The van der Waals surface area contributed by atoms with E-state index in [0.717, 1.165) is 27.7 Å². The Labute approximate surface area is 397 Å². The lowest BCUT2D eigenvalue weighted by Gasteiger charge is -2.50. The Morgan fingerprint density at radius 1 is 0.754 bits per heavy atom. The minimum atomic E-state index is -2.33. The van der Waals surface area contributed by atoms with E-state index in [1.54, 1.807) is 0 Å². The quantitative estimate of drug-likeness (QED) is 0.0298. The number of ether oxygens (including phenoxy) is 9. The zero-order valence-electron chi connectivity index (χ0n) is 39.2. The van der Waals surface area contributed by atoms with Crippen molar-refractivity contribution in [1.82, 2.24) is 21.3 Å². The van der Waals surface area contributed by atoms with Crippen LogP contribution in [-0.4, -0.2) is 237 Å². The molecular weight excluding hydrogens is 930 g/mol. The van der Waals surface area contributed by atoms with Gasteiger partial charge in [0.2, 0.25) is 23.6 Å². The number of aliphatic hydroxyl groups excluding tert-OH is 8. The summed E-state index contributed by atoms with van der Waals surface area (Å²) in [7, 11) is 0. The van der Waals surface area contributed by atoms with Gasteiger partial charge in [0.25, 0.3) is 5.79 Å². The fourth-order valence-corrected chi connectivity index (χ4v) is 8.30. The monoisotopic (exact) mass is 1000 g/mol. The van der Waals surface area contributed by atoms with Gasteiger partial charge < -0.3 is 116 Å². The van der Waals surface area contributed by atoms with E-state index < -0.39 is 172 Å². The van der Waals surface area contributed by atoms with Crippen LogP contribution in [0.3, 0.4) is 0 Å². The van der Waals surface area contributed by atoms with Crippen LogP contribution in [0.1, 0.15) is 60.8 Å². The van der Waals surface area contributed by atoms with Crippen LogP contribution in [0.25, 0.3) is 0 Å². The molecule has 28 heteroatoms. The van der Waals surface area contributed by atoms with Crippen molar-refractivity contribution >= 4 is 29.6 Å². The molecule has 15 N–H and O–H groups in total. The molecule has 0 spiro atoms. The number of fused-ring (bicyclic) bond motifs is 1. The second-order valence-corrected chi connectivity index (χ2v) is 17.5. The van der Waals surface area contributed by atoms with E-state index in [1.165, 1.54) is 13.8 Å². The van der Waals surface area contributed by atoms with Crippen LogP contribution in [0, 0.1) is 5.92 Å². The van der Waals surface area contributed by atoms with Crippen molar-refractivity contribution in [2.24, 2.45) is 11.7 Å². The number of carbonyl (C=O) groups excluding carboxylic acids is 4.